The maximum Gasteiger partial charge on any atom is 0.227 e. The quantitative estimate of drug-likeness (QED) is 0.768. The number of nitrogens with zero attached hydrogens (tertiary/aromatic N) is 1. The molecule has 0 bridgehead atoms. The van der Waals surface area contributed by atoms with Crippen molar-refractivity contribution in [2.45, 2.75) is 19.4 Å². The molecule has 0 aliphatic heterocycles. The summed E-state index contributed by atoms with van der Waals surface area (Å²) >= 11 is 1.46. The third-order valence-electron chi connectivity index (χ3n) is 3.16. The second kappa shape index (κ2) is 7.04. The average Bonchev–Trinajstić information content (AvgIpc) is 3.06. The van der Waals surface area contributed by atoms with Crippen molar-refractivity contribution in [3.05, 3.63) is 46.7 Å². The molecule has 0 saturated heterocycles. The molecule has 1 aromatic heterocycles. The van der Waals surface area contributed by atoms with Gasteiger partial charge in [0, 0.05) is 17.0 Å². The van der Waals surface area contributed by atoms with E-state index in [0.717, 1.165) is 11.2 Å². The molecular weight excluding hydrogens is 286 g/mol. The number of thiophene rings is 1. The Kier molecular flexibility index (Phi) is 5.11. The van der Waals surface area contributed by atoms with Gasteiger partial charge in [-0.25, -0.2) is 0 Å². The maximum absolute atomic E-state index is 12.3. The first-order chi connectivity index (χ1) is 10.2. The Morgan fingerprint density at radius 1 is 1.33 bits per heavy atom. The van der Waals surface area contributed by atoms with Crippen LogP contribution < -0.4 is 9.64 Å². The molecule has 110 valence electrons. The largest absolute Gasteiger partial charge is 0.497 e. The second-order valence-electron chi connectivity index (χ2n) is 4.41. The SMILES string of the molecule is CCC(=O)N(c1ccc(OC)cc1)C(C=O)c1cccs1. The average molecular weight is 303 g/mol. The number of aldehydes is 1. The van der Waals surface area contributed by atoms with Crippen molar-refractivity contribution < 1.29 is 14.3 Å². The van der Waals surface area contributed by atoms with Crippen molar-refractivity contribution in [1.82, 2.24) is 0 Å². The Labute approximate surface area is 128 Å². The lowest BCUT2D eigenvalue weighted by molar-refractivity contribution is -0.120. The number of carbonyl (C=O) groups excluding carboxylic acids is 2. The molecule has 1 amide bonds. The van der Waals surface area contributed by atoms with Gasteiger partial charge in [-0.3, -0.25) is 9.69 Å². The number of methoxy groups -OCH3 is 1. The fourth-order valence-electron chi connectivity index (χ4n) is 2.09. The first-order valence-corrected chi connectivity index (χ1v) is 7.54. The fraction of sp³-hybridized carbons (Fsp3) is 0.250. The summed E-state index contributed by atoms with van der Waals surface area (Å²) < 4.78 is 5.12. The van der Waals surface area contributed by atoms with Gasteiger partial charge in [0.2, 0.25) is 5.91 Å². The van der Waals surface area contributed by atoms with E-state index < -0.39 is 6.04 Å². The molecule has 1 aromatic carbocycles. The van der Waals surface area contributed by atoms with E-state index in [-0.39, 0.29) is 5.91 Å². The highest BCUT2D eigenvalue weighted by molar-refractivity contribution is 7.10. The highest BCUT2D eigenvalue weighted by Crippen LogP contribution is 2.30. The molecule has 0 aliphatic carbocycles. The van der Waals surface area contributed by atoms with Crippen LogP contribution in [-0.2, 0) is 9.59 Å². The monoisotopic (exact) mass is 303 g/mol. The van der Waals surface area contributed by atoms with E-state index in [1.807, 2.05) is 17.5 Å². The van der Waals surface area contributed by atoms with Gasteiger partial charge < -0.3 is 9.53 Å². The predicted molar refractivity (Wildman–Crippen MR) is 83.9 cm³/mol. The van der Waals surface area contributed by atoms with Crippen LogP contribution in [0.2, 0.25) is 0 Å². The van der Waals surface area contributed by atoms with E-state index in [0.29, 0.717) is 17.9 Å². The van der Waals surface area contributed by atoms with E-state index in [4.69, 9.17) is 4.74 Å². The minimum Gasteiger partial charge on any atom is -0.497 e. The van der Waals surface area contributed by atoms with Crippen LogP contribution in [0.4, 0.5) is 5.69 Å². The summed E-state index contributed by atoms with van der Waals surface area (Å²) in [5, 5.41) is 1.90. The van der Waals surface area contributed by atoms with E-state index >= 15 is 0 Å². The number of rotatable bonds is 6. The van der Waals surface area contributed by atoms with E-state index in [1.165, 1.54) is 16.2 Å². The van der Waals surface area contributed by atoms with Crippen LogP contribution in [0, 0.1) is 0 Å². The third kappa shape index (κ3) is 3.31. The molecule has 0 spiro atoms. The van der Waals surface area contributed by atoms with Gasteiger partial charge in [-0.2, -0.15) is 0 Å². The topological polar surface area (TPSA) is 46.6 Å². The fourth-order valence-corrected chi connectivity index (χ4v) is 2.86. The van der Waals surface area contributed by atoms with Crippen molar-refractivity contribution in [2.24, 2.45) is 0 Å². The zero-order valence-corrected chi connectivity index (χ0v) is 12.8. The summed E-state index contributed by atoms with van der Waals surface area (Å²) in [6.45, 7) is 1.79. The van der Waals surface area contributed by atoms with E-state index in [9.17, 15) is 9.59 Å². The summed E-state index contributed by atoms with van der Waals surface area (Å²) in [5.74, 6) is 0.618. The zero-order chi connectivity index (χ0) is 15.2. The molecule has 0 radical (unpaired) electrons. The van der Waals surface area contributed by atoms with Gasteiger partial charge in [0.1, 0.15) is 18.1 Å². The van der Waals surface area contributed by atoms with Crippen LogP contribution in [-0.4, -0.2) is 19.3 Å². The highest BCUT2D eigenvalue weighted by Gasteiger charge is 2.26. The van der Waals surface area contributed by atoms with Crippen LogP contribution in [0.25, 0.3) is 0 Å². The summed E-state index contributed by atoms with van der Waals surface area (Å²) in [4.78, 5) is 26.2. The van der Waals surface area contributed by atoms with Crippen LogP contribution >= 0.6 is 11.3 Å². The van der Waals surface area contributed by atoms with Gasteiger partial charge in [-0.1, -0.05) is 13.0 Å². The maximum atomic E-state index is 12.3. The van der Waals surface area contributed by atoms with E-state index in [2.05, 4.69) is 0 Å². The van der Waals surface area contributed by atoms with Crippen LogP contribution in [0.1, 0.15) is 24.3 Å². The number of ether oxygens (including phenoxy) is 1. The summed E-state index contributed by atoms with van der Waals surface area (Å²) in [7, 11) is 1.59. The minimum absolute atomic E-state index is 0.0920. The molecular formula is C16H17NO3S. The smallest absolute Gasteiger partial charge is 0.227 e. The lowest BCUT2D eigenvalue weighted by atomic mass is 10.1. The number of amides is 1. The zero-order valence-electron chi connectivity index (χ0n) is 12.0. The van der Waals surface area contributed by atoms with Crippen molar-refractivity contribution in [3.8, 4) is 5.75 Å². The Morgan fingerprint density at radius 2 is 2.05 bits per heavy atom. The second-order valence-corrected chi connectivity index (χ2v) is 5.39. The van der Waals surface area contributed by atoms with Crippen molar-refractivity contribution in [3.63, 3.8) is 0 Å². The minimum atomic E-state index is -0.592. The normalized spacial score (nSPS) is 11.7. The van der Waals surface area contributed by atoms with Gasteiger partial charge in [-0.15, -0.1) is 11.3 Å². The Balaban J connectivity index is 2.41. The molecule has 4 nitrogen and oxygen atoms in total. The highest BCUT2D eigenvalue weighted by atomic mass is 32.1. The van der Waals surface area contributed by atoms with Gasteiger partial charge in [-0.05, 0) is 35.7 Å². The molecule has 0 N–H and O–H groups in total. The Morgan fingerprint density at radius 3 is 2.52 bits per heavy atom. The summed E-state index contributed by atoms with van der Waals surface area (Å²) in [6, 6.07) is 10.3. The van der Waals surface area contributed by atoms with Gasteiger partial charge in [0.05, 0.1) is 7.11 Å². The molecule has 1 heterocycles. The lowest BCUT2D eigenvalue weighted by Crippen LogP contribution is -2.35. The first-order valence-electron chi connectivity index (χ1n) is 6.66. The van der Waals surface area contributed by atoms with Crippen LogP contribution in [0.3, 0.4) is 0 Å². The lowest BCUT2D eigenvalue weighted by Gasteiger charge is -2.27. The Hall–Kier alpha value is -2.14. The van der Waals surface area contributed by atoms with Gasteiger partial charge in [0.15, 0.2) is 0 Å². The number of carbonyl (C=O) groups is 2. The van der Waals surface area contributed by atoms with Gasteiger partial charge >= 0.3 is 0 Å². The third-order valence-corrected chi connectivity index (χ3v) is 4.11. The van der Waals surface area contributed by atoms with Crippen molar-refractivity contribution in [2.75, 3.05) is 12.0 Å². The predicted octanol–water partition coefficient (Wildman–Crippen LogP) is 3.44. The number of benzene rings is 1. The van der Waals surface area contributed by atoms with Crippen molar-refractivity contribution >= 4 is 29.2 Å². The van der Waals surface area contributed by atoms with Crippen LogP contribution in [0.5, 0.6) is 5.75 Å². The van der Waals surface area contributed by atoms with Crippen molar-refractivity contribution in [1.29, 1.82) is 0 Å². The van der Waals surface area contributed by atoms with Crippen LogP contribution in [0.15, 0.2) is 41.8 Å². The molecule has 1 atom stereocenters. The molecule has 1 unspecified atom stereocenters. The molecule has 21 heavy (non-hydrogen) atoms. The van der Waals surface area contributed by atoms with Gasteiger partial charge in [0.25, 0.3) is 0 Å². The number of anilines is 1. The standard InChI is InChI=1S/C16H17NO3S/c1-3-16(19)17(12-6-8-13(20-2)9-7-12)14(11-18)15-5-4-10-21-15/h4-11,14H,3H2,1-2H3. The molecule has 2 aromatic rings. The summed E-state index contributed by atoms with van der Waals surface area (Å²) in [6.07, 6.45) is 1.14. The number of hydrogen-bond donors (Lipinski definition) is 0. The first kappa shape index (κ1) is 15.3. The summed E-state index contributed by atoms with van der Waals surface area (Å²) in [5.41, 5.74) is 0.688. The molecule has 2 rings (SSSR count). The Bertz CT molecular complexity index is 592. The molecule has 0 aliphatic rings. The molecule has 0 fully saturated rings. The molecule has 0 saturated carbocycles. The van der Waals surface area contributed by atoms with E-state index in [1.54, 1.807) is 38.3 Å². The number of hydrogen-bond acceptors (Lipinski definition) is 4. The molecule has 5 heteroatoms.